The van der Waals surface area contributed by atoms with Gasteiger partial charge in [0.05, 0.1) is 28.8 Å². The number of ether oxygens (including phenoxy) is 1. The van der Waals surface area contributed by atoms with Crippen molar-refractivity contribution < 1.29 is 19.1 Å². The van der Waals surface area contributed by atoms with Gasteiger partial charge in [0.1, 0.15) is 0 Å². The number of halogens is 1. The van der Waals surface area contributed by atoms with Gasteiger partial charge in [-0.3, -0.25) is 9.59 Å². The summed E-state index contributed by atoms with van der Waals surface area (Å²) in [6.45, 7) is 4.56. The third-order valence-electron chi connectivity index (χ3n) is 4.57. The molecule has 2 aromatic rings. The van der Waals surface area contributed by atoms with Crippen molar-refractivity contribution in [1.82, 2.24) is 0 Å². The van der Waals surface area contributed by atoms with Crippen LogP contribution >= 0.6 is 11.6 Å². The SMILES string of the molecule is CC(C)COC(=O)c1ccc(NC(=O)[C@@H]2CC(=O)N(c3ccccc3Cl)C2)cc1. The van der Waals surface area contributed by atoms with Crippen LogP contribution in [0.3, 0.4) is 0 Å². The minimum absolute atomic E-state index is 0.122. The lowest BCUT2D eigenvalue weighted by atomic mass is 10.1. The highest BCUT2D eigenvalue weighted by atomic mass is 35.5. The highest BCUT2D eigenvalue weighted by Gasteiger charge is 2.35. The maximum atomic E-state index is 12.6. The van der Waals surface area contributed by atoms with Gasteiger partial charge < -0.3 is 15.0 Å². The molecule has 1 saturated heterocycles. The molecule has 6 nitrogen and oxygen atoms in total. The molecule has 2 aromatic carbocycles. The summed E-state index contributed by atoms with van der Waals surface area (Å²) in [5.41, 5.74) is 1.59. The van der Waals surface area contributed by atoms with Crippen molar-refractivity contribution in [1.29, 1.82) is 0 Å². The van der Waals surface area contributed by atoms with Crippen molar-refractivity contribution in [2.24, 2.45) is 11.8 Å². The van der Waals surface area contributed by atoms with Gasteiger partial charge in [-0.15, -0.1) is 0 Å². The zero-order chi connectivity index (χ0) is 21.0. The molecule has 2 amide bonds. The summed E-state index contributed by atoms with van der Waals surface area (Å²) in [6, 6.07) is 13.6. The fourth-order valence-corrected chi connectivity index (χ4v) is 3.28. The van der Waals surface area contributed by atoms with E-state index >= 15 is 0 Å². The van der Waals surface area contributed by atoms with E-state index in [9.17, 15) is 14.4 Å². The number of hydrogen-bond donors (Lipinski definition) is 1. The zero-order valence-electron chi connectivity index (χ0n) is 16.4. The normalized spacial score (nSPS) is 16.2. The Bertz CT molecular complexity index is 911. The molecule has 0 radical (unpaired) electrons. The Kier molecular flexibility index (Phi) is 6.54. The quantitative estimate of drug-likeness (QED) is 0.720. The first-order chi connectivity index (χ1) is 13.8. The summed E-state index contributed by atoms with van der Waals surface area (Å²) in [6.07, 6.45) is 0.122. The molecule has 0 aliphatic carbocycles. The van der Waals surface area contributed by atoms with E-state index in [-0.39, 0.29) is 30.7 Å². The number of nitrogens with one attached hydrogen (secondary N) is 1. The van der Waals surface area contributed by atoms with Crippen LogP contribution in [-0.2, 0) is 14.3 Å². The van der Waals surface area contributed by atoms with E-state index < -0.39 is 11.9 Å². The van der Waals surface area contributed by atoms with E-state index in [0.29, 0.717) is 28.6 Å². The second kappa shape index (κ2) is 9.09. The fourth-order valence-electron chi connectivity index (χ4n) is 3.05. The molecule has 152 valence electrons. The Labute approximate surface area is 174 Å². The number of benzene rings is 2. The minimum Gasteiger partial charge on any atom is -0.462 e. The Hall–Kier alpha value is -2.86. The van der Waals surface area contributed by atoms with Gasteiger partial charge in [0, 0.05) is 18.7 Å². The molecule has 0 aromatic heterocycles. The number of esters is 1. The first kappa shape index (κ1) is 20.9. The Balaban J connectivity index is 1.60. The monoisotopic (exact) mass is 414 g/mol. The number of carbonyl (C=O) groups excluding carboxylic acids is 3. The average Bonchev–Trinajstić information content (AvgIpc) is 3.08. The van der Waals surface area contributed by atoms with Gasteiger partial charge in [-0.1, -0.05) is 37.6 Å². The summed E-state index contributed by atoms with van der Waals surface area (Å²) < 4.78 is 5.19. The van der Waals surface area contributed by atoms with Crippen LogP contribution in [-0.4, -0.2) is 30.9 Å². The van der Waals surface area contributed by atoms with Crippen LogP contribution in [0.4, 0.5) is 11.4 Å². The number of hydrogen-bond acceptors (Lipinski definition) is 4. The van der Waals surface area contributed by atoms with E-state index in [4.69, 9.17) is 16.3 Å². The summed E-state index contributed by atoms with van der Waals surface area (Å²) in [4.78, 5) is 38.5. The molecule has 1 heterocycles. The average molecular weight is 415 g/mol. The topological polar surface area (TPSA) is 75.7 Å². The number of carbonyl (C=O) groups is 3. The van der Waals surface area contributed by atoms with Gasteiger partial charge >= 0.3 is 5.97 Å². The van der Waals surface area contributed by atoms with Crippen LogP contribution in [0.2, 0.25) is 5.02 Å². The van der Waals surface area contributed by atoms with Gasteiger partial charge in [-0.25, -0.2) is 4.79 Å². The van der Waals surface area contributed by atoms with E-state index in [1.165, 1.54) is 0 Å². The lowest BCUT2D eigenvalue weighted by molar-refractivity contribution is -0.122. The van der Waals surface area contributed by atoms with E-state index in [2.05, 4.69) is 5.32 Å². The third-order valence-corrected chi connectivity index (χ3v) is 4.89. The first-order valence-corrected chi connectivity index (χ1v) is 9.86. The highest BCUT2D eigenvalue weighted by molar-refractivity contribution is 6.33. The van der Waals surface area contributed by atoms with Crippen LogP contribution in [0.25, 0.3) is 0 Å². The standard InChI is InChI=1S/C22H23ClN2O4/c1-14(2)13-29-22(28)15-7-9-17(10-8-15)24-21(27)16-11-20(26)25(12-16)19-6-4-3-5-18(19)23/h3-10,14,16H,11-13H2,1-2H3,(H,24,27)/t16-/m1/s1. The van der Waals surface area contributed by atoms with Crippen molar-refractivity contribution in [3.8, 4) is 0 Å². The smallest absolute Gasteiger partial charge is 0.338 e. The number of rotatable bonds is 6. The molecule has 7 heteroatoms. The zero-order valence-corrected chi connectivity index (χ0v) is 17.1. The Morgan fingerprint density at radius 2 is 1.86 bits per heavy atom. The second-order valence-electron chi connectivity index (χ2n) is 7.42. The molecule has 3 rings (SSSR count). The van der Waals surface area contributed by atoms with Gasteiger partial charge in [0.25, 0.3) is 0 Å². The van der Waals surface area contributed by atoms with Gasteiger partial charge in [0.15, 0.2) is 0 Å². The number of amides is 2. The summed E-state index contributed by atoms with van der Waals surface area (Å²) in [5, 5.41) is 3.28. The molecule has 29 heavy (non-hydrogen) atoms. The first-order valence-electron chi connectivity index (χ1n) is 9.48. The molecule has 1 fully saturated rings. The minimum atomic E-state index is -0.477. The Morgan fingerprint density at radius 1 is 1.17 bits per heavy atom. The van der Waals surface area contributed by atoms with E-state index in [0.717, 1.165) is 0 Å². The maximum absolute atomic E-state index is 12.6. The summed E-state index contributed by atoms with van der Waals surface area (Å²) >= 11 is 6.17. The number of anilines is 2. The number of nitrogens with zero attached hydrogens (tertiary/aromatic N) is 1. The van der Waals surface area contributed by atoms with Gasteiger partial charge in [-0.2, -0.15) is 0 Å². The molecule has 1 N–H and O–H groups in total. The molecule has 0 unspecified atom stereocenters. The largest absolute Gasteiger partial charge is 0.462 e. The number of para-hydroxylation sites is 1. The lowest BCUT2D eigenvalue weighted by Crippen LogP contribution is -2.28. The van der Waals surface area contributed by atoms with Crippen LogP contribution in [0.15, 0.2) is 48.5 Å². The predicted octanol–water partition coefficient (Wildman–Crippen LogP) is 4.14. The molecule has 1 aliphatic rings. The van der Waals surface area contributed by atoms with E-state index in [1.807, 2.05) is 13.8 Å². The van der Waals surface area contributed by atoms with Gasteiger partial charge in [0.2, 0.25) is 11.8 Å². The van der Waals surface area contributed by atoms with Crippen LogP contribution in [0.5, 0.6) is 0 Å². The maximum Gasteiger partial charge on any atom is 0.338 e. The molecule has 0 bridgehead atoms. The Morgan fingerprint density at radius 3 is 2.52 bits per heavy atom. The van der Waals surface area contributed by atoms with Crippen molar-refractivity contribution in [3.05, 3.63) is 59.1 Å². The second-order valence-corrected chi connectivity index (χ2v) is 7.82. The van der Waals surface area contributed by atoms with Crippen LogP contribution in [0, 0.1) is 11.8 Å². The highest BCUT2D eigenvalue weighted by Crippen LogP contribution is 2.31. The van der Waals surface area contributed by atoms with Crippen molar-refractivity contribution in [2.75, 3.05) is 23.4 Å². The van der Waals surface area contributed by atoms with Crippen LogP contribution in [0.1, 0.15) is 30.6 Å². The predicted molar refractivity (Wildman–Crippen MR) is 112 cm³/mol. The third kappa shape index (κ3) is 5.15. The molecule has 1 atom stereocenters. The lowest BCUT2D eigenvalue weighted by Gasteiger charge is -2.18. The van der Waals surface area contributed by atoms with Crippen LogP contribution < -0.4 is 10.2 Å². The van der Waals surface area contributed by atoms with Gasteiger partial charge in [-0.05, 0) is 42.3 Å². The molecular weight excluding hydrogens is 392 g/mol. The molecular formula is C22H23ClN2O4. The van der Waals surface area contributed by atoms with Crippen molar-refractivity contribution >= 4 is 40.8 Å². The fraction of sp³-hybridized carbons (Fsp3) is 0.318. The summed E-state index contributed by atoms with van der Waals surface area (Å²) in [5.74, 6) is -0.996. The molecule has 0 spiro atoms. The molecule has 0 saturated carbocycles. The van der Waals surface area contributed by atoms with Crippen molar-refractivity contribution in [3.63, 3.8) is 0 Å². The van der Waals surface area contributed by atoms with E-state index in [1.54, 1.807) is 53.4 Å². The van der Waals surface area contributed by atoms with Crippen molar-refractivity contribution in [2.45, 2.75) is 20.3 Å². The summed E-state index contributed by atoms with van der Waals surface area (Å²) in [7, 11) is 0. The molecule has 1 aliphatic heterocycles.